The minimum absolute atomic E-state index is 0.168. The highest BCUT2D eigenvalue weighted by atomic mass is 35.5. The number of benzene rings is 1. The number of hydrogen-bond acceptors (Lipinski definition) is 5. The number of esters is 2. The van der Waals surface area contributed by atoms with Crippen LogP contribution < -0.4 is 4.74 Å². The lowest BCUT2D eigenvalue weighted by Gasteiger charge is -2.29. The predicted octanol–water partition coefficient (Wildman–Crippen LogP) is 3.98. The molecule has 130 valence electrons. The van der Waals surface area contributed by atoms with E-state index >= 15 is 0 Å². The smallest absolute Gasteiger partial charge is 0.348 e. The molecule has 1 fully saturated rings. The number of cyclic esters (lactones) is 2. The van der Waals surface area contributed by atoms with Crippen LogP contribution in [0.1, 0.15) is 39.7 Å². The van der Waals surface area contributed by atoms with Gasteiger partial charge >= 0.3 is 11.9 Å². The van der Waals surface area contributed by atoms with Crippen molar-refractivity contribution in [2.45, 2.75) is 39.9 Å². The maximum absolute atomic E-state index is 11.9. The molecule has 0 saturated carbocycles. The zero-order valence-corrected chi connectivity index (χ0v) is 15.0. The average molecular weight is 353 g/mol. The summed E-state index contributed by atoms with van der Waals surface area (Å²) in [5.41, 5.74) is 0.415. The van der Waals surface area contributed by atoms with Gasteiger partial charge in [-0.25, -0.2) is 9.59 Å². The second kappa shape index (κ2) is 7.26. The summed E-state index contributed by atoms with van der Waals surface area (Å²) >= 11 is 6.19. The van der Waals surface area contributed by atoms with Gasteiger partial charge in [0.2, 0.25) is 0 Å². The monoisotopic (exact) mass is 352 g/mol. The summed E-state index contributed by atoms with van der Waals surface area (Å²) in [5, 5.41) is 0.408. The highest BCUT2D eigenvalue weighted by molar-refractivity contribution is 6.32. The van der Waals surface area contributed by atoms with E-state index in [2.05, 4.69) is 13.8 Å². The molecule has 0 aromatic heterocycles. The van der Waals surface area contributed by atoms with E-state index in [1.807, 2.05) is 0 Å². The van der Waals surface area contributed by atoms with Crippen LogP contribution in [-0.4, -0.2) is 24.3 Å². The Morgan fingerprint density at radius 2 is 1.83 bits per heavy atom. The Bertz CT molecular complexity index is 654. The standard InChI is InChI=1S/C18H21ClO5/c1-11(2)7-8-22-15-6-5-12(10-14(15)19)9-13-16(20)23-18(3,4)24-17(13)21/h5-6,9-11H,7-8H2,1-4H3. The van der Waals surface area contributed by atoms with Crippen LogP contribution in [0.25, 0.3) is 6.08 Å². The zero-order valence-electron chi connectivity index (χ0n) is 14.2. The third-order valence-electron chi connectivity index (χ3n) is 3.34. The third kappa shape index (κ3) is 4.74. The molecule has 1 aliphatic rings. The lowest BCUT2D eigenvalue weighted by atomic mass is 10.1. The SMILES string of the molecule is CC(C)CCOc1ccc(C=C2C(=O)OC(C)(C)OC2=O)cc1Cl. The van der Waals surface area contributed by atoms with Gasteiger partial charge in [0.25, 0.3) is 5.79 Å². The fourth-order valence-electron chi connectivity index (χ4n) is 2.07. The minimum Gasteiger partial charge on any atom is -0.492 e. The molecule has 0 aliphatic carbocycles. The Hall–Kier alpha value is -2.01. The normalized spacial score (nSPS) is 16.7. The maximum Gasteiger partial charge on any atom is 0.348 e. The van der Waals surface area contributed by atoms with Gasteiger partial charge in [0.1, 0.15) is 11.3 Å². The first-order valence-electron chi connectivity index (χ1n) is 7.78. The molecular formula is C18H21ClO5. The topological polar surface area (TPSA) is 61.8 Å². The van der Waals surface area contributed by atoms with E-state index in [4.69, 9.17) is 25.8 Å². The van der Waals surface area contributed by atoms with E-state index in [0.29, 0.717) is 28.9 Å². The van der Waals surface area contributed by atoms with Crippen LogP contribution in [-0.2, 0) is 19.1 Å². The van der Waals surface area contributed by atoms with Crippen LogP contribution in [0.4, 0.5) is 0 Å². The van der Waals surface area contributed by atoms with Crippen molar-refractivity contribution in [3.8, 4) is 5.75 Å². The number of ether oxygens (including phenoxy) is 3. The van der Waals surface area contributed by atoms with Gasteiger partial charge in [0, 0.05) is 13.8 Å². The molecule has 1 saturated heterocycles. The largest absolute Gasteiger partial charge is 0.492 e. The van der Waals surface area contributed by atoms with Crippen LogP contribution in [0, 0.1) is 5.92 Å². The first-order chi connectivity index (χ1) is 11.2. The Balaban J connectivity index is 2.14. The molecule has 0 radical (unpaired) electrons. The van der Waals surface area contributed by atoms with Crippen molar-refractivity contribution in [1.29, 1.82) is 0 Å². The van der Waals surface area contributed by atoms with Crippen molar-refractivity contribution < 1.29 is 23.8 Å². The van der Waals surface area contributed by atoms with Crippen LogP contribution in [0.2, 0.25) is 5.02 Å². The number of halogens is 1. The van der Waals surface area contributed by atoms with Crippen LogP contribution in [0.5, 0.6) is 5.75 Å². The summed E-state index contributed by atoms with van der Waals surface area (Å²) in [7, 11) is 0. The molecule has 6 heteroatoms. The maximum atomic E-state index is 11.9. The molecule has 2 rings (SSSR count). The molecule has 0 spiro atoms. The third-order valence-corrected chi connectivity index (χ3v) is 3.63. The van der Waals surface area contributed by atoms with E-state index in [-0.39, 0.29) is 5.57 Å². The summed E-state index contributed by atoms with van der Waals surface area (Å²) in [5.74, 6) is -1.58. The van der Waals surface area contributed by atoms with Gasteiger partial charge < -0.3 is 14.2 Å². The van der Waals surface area contributed by atoms with E-state index in [9.17, 15) is 9.59 Å². The molecule has 1 aromatic rings. The second-order valence-corrected chi connectivity index (χ2v) is 6.86. The molecule has 1 heterocycles. The lowest BCUT2D eigenvalue weighted by molar-refractivity contribution is -0.222. The number of rotatable bonds is 5. The molecule has 0 atom stereocenters. The molecular weight excluding hydrogens is 332 g/mol. The van der Waals surface area contributed by atoms with E-state index in [0.717, 1.165) is 6.42 Å². The molecule has 5 nitrogen and oxygen atoms in total. The lowest BCUT2D eigenvalue weighted by Crippen LogP contribution is -2.41. The van der Waals surface area contributed by atoms with Crippen molar-refractivity contribution >= 4 is 29.6 Å². The van der Waals surface area contributed by atoms with Gasteiger partial charge in [-0.15, -0.1) is 0 Å². The first-order valence-corrected chi connectivity index (χ1v) is 8.16. The Morgan fingerprint density at radius 1 is 1.21 bits per heavy atom. The van der Waals surface area contributed by atoms with E-state index in [1.54, 1.807) is 18.2 Å². The zero-order chi connectivity index (χ0) is 17.9. The molecule has 0 N–H and O–H groups in total. The Morgan fingerprint density at radius 3 is 2.38 bits per heavy atom. The van der Waals surface area contributed by atoms with Gasteiger partial charge in [0.05, 0.1) is 11.6 Å². The van der Waals surface area contributed by atoms with Crippen LogP contribution >= 0.6 is 11.6 Å². The van der Waals surface area contributed by atoms with Crippen molar-refractivity contribution in [2.24, 2.45) is 5.92 Å². The van der Waals surface area contributed by atoms with Crippen molar-refractivity contribution in [3.05, 3.63) is 34.4 Å². The van der Waals surface area contributed by atoms with Crippen molar-refractivity contribution in [2.75, 3.05) is 6.61 Å². The Kier molecular flexibility index (Phi) is 5.54. The van der Waals surface area contributed by atoms with Crippen LogP contribution in [0.15, 0.2) is 23.8 Å². The summed E-state index contributed by atoms with van der Waals surface area (Å²) in [6, 6.07) is 5.04. The van der Waals surface area contributed by atoms with Gasteiger partial charge in [-0.1, -0.05) is 31.5 Å². The van der Waals surface area contributed by atoms with Gasteiger partial charge in [0.15, 0.2) is 0 Å². The fraction of sp³-hybridized carbons (Fsp3) is 0.444. The molecule has 24 heavy (non-hydrogen) atoms. The predicted molar refractivity (Wildman–Crippen MR) is 90.6 cm³/mol. The second-order valence-electron chi connectivity index (χ2n) is 6.46. The Labute approximate surface area is 146 Å². The fourth-order valence-corrected chi connectivity index (χ4v) is 2.32. The summed E-state index contributed by atoms with van der Waals surface area (Å²) in [6.07, 6.45) is 2.32. The average Bonchev–Trinajstić information content (AvgIpc) is 2.43. The first kappa shape index (κ1) is 18.3. The number of carbonyl (C=O) groups excluding carboxylic acids is 2. The summed E-state index contributed by atoms with van der Waals surface area (Å²) in [6.45, 7) is 7.80. The summed E-state index contributed by atoms with van der Waals surface area (Å²) < 4.78 is 15.7. The highest BCUT2D eigenvalue weighted by Crippen LogP contribution is 2.29. The van der Waals surface area contributed by atoms with Gasteiger partial charge in [-0.3, -0.25) is 0 Å². The number of hydrogen-bond donors (Lipinski definition) is 0. The molecule has 1 aliphatic heterocycles. The number of carbonyl (C=O) groups is 2. The van der Waals surface area contributed by atoms with Gasteiger partial charge in [-0.2, -0.15) is 0 Å². The van der Waals surface area contributed by atoms with Crippen molar-refractivity contribution in [3.63, 3.8) is 0 Å². The molecule has 1 aromatic carbocycles. The van der Waals surface area contributed by atoms with E-state index < -0.39 is 17.7 Å². The summed E-state index contributed by atoms with van der Waals surface area (Å²) in [4.78, 5) is 23.9. The quantitative estimate of drug-likeness (QED) is 0.455. The molecule has 0 unspecified atom stereocenters. The minimum atomic E-state index is -1.25. The van der Waals surface area contributed by atoms with Gasteiger partial charge in [-0.05, 0) is 36.1 Å². The van der Waals surface area contributed by atoms with Crippen molar-refractivity contribution in [1.82, 2.24) is 0 Å². The molecule has 0 amide bonds. The highest BCUT2D eigenvalue weighted by Gasteiger charge is 2.38. The molecule has 0 bridgehead atoms. The van der Waals surface area contributed by atoms with Crippen LogP contribution in [0.3, 0.4) is 0 Å². The van der Waals surface area contributed by atoms with E-state index in [1.165, 1.54) is 19.9 Å².